The molecule has 1 heterocycles. The molecule has 5 heteroatoms. The monoisotopic (exact) mass is 398 g/mol. The van der Waals surface area contributed by atoms with Gasteiger partial charge in [-0.3, -0.25) is 4.90 Å². The molecule has 1 unspecified atom stereocenters. The van der Waals surface area contributed by atoms with E-state index in [1.54, 1.807) is 22.0 Å². The Hall–Kier alpha value is -1.69. The van der Waals surface area contributed by atoms with Gasteiger partial charge in [-0.15, -0.1) is 0 Å². The number of nitrogens with zero attached hydrogens (tertiary/aromatic N) is 2. The second-order valence-electron chi connectivity index (χ2n) is 8.00. The van der Waals surface area contributed by atoms with Crippen LogP contribution >= 0.6 is 0 Å². The van der Waals surface area contributed by atoms with E-state index < -0.39 is 10.0 Å². The highest BCUT2D eigenvalue weighted by Crippen LogP contribution is 2.41. The number of rotatable bonds is 7. The summed E-state index contributed by atoms with van der Waals surface area (Å²) in [6, 6.07) is 14.5. The number of hydrogen-bond donors (Lipinski definition) is 0. The largest absolute Gasteiger partial charge is 0.296 e. The third-order valence-electron chi connectivity index (χ3n) is 6.25. The summed E-state index contributed by atoms with van der Waals surface area (Å²) in [5.74, 6) is 0. The molecule has 2 aromatic rings. The van der Waals surface area contributed by atoms with Crippen molar-refractivity contribution in [1.82, 2.24) is 9.21 Å². The van der Waals surface area contributed by atoms with Crippen LogP contribution in [0.25, 0.3) is 0 Å². The van der Waals surface area contributed by atoms with Gasteiger partial charge in [0.15, 0.2) is 0 Å². The maximum absolute atomic E-state index is 13.0. The molecule has 4 rings (SSSR count). The third-order valence-corrected chi connectivity index (χ3v) is 8.22. The molecule has 0 aromatic heterocycles. The van der Waals surface area contributed by atoms with E-state index in [4.69, 9.17) is 0 Å². The quantitative estimate of drug-likeness (QED) is 0.709. The highest BCUT2D eigenvalue weighted by atomic mass is 32.2. The van der Waals surface area contributed by atoms with Crippen LogP contribution in [0.5, 0.6) is 0 Å². The molecule has 0 radical (unpaired) electrons. The van der Waals surface area contributed by atoms with Crippen LogP contribution in [0, 0.1) is 6.92 Å². The molecule has 2 aliphatic rings. The molecule has 0 fully saturated rings. The van der Waals surface area contributed by atoms with E-state index in [2.05, 4.69) is 23.1 Å². The minimum Gasteiger partial charge on any atom is -0.296 e. The van der Waals surface area contributed by atoms with Gasteiger partial charge in [-0.25, -0.2) is 8.42 Å². The normalized spacial score (nSPS) is 19.2. The SMILES string of the molecule is CCN(CCCN1CCc2cccc3c2C1CC3)S(=O)(=O)c1cccc(C)c1. The standard InChI is InChI=1S/C23H30N2O2S/c1-3-25(28(26,27)21-10-4-7-18(2)17-21)15-6-14-24-16-13-20-9-5-8-19-11-12-22(24)23(19)20/h4-5,7-10,17,22H,3,6,11-16H2,1-2H3. The summed E-state index contributed by atoms with van der Waals surface area (Å²) in [5.41, 5.74) is 5.58. The molecule has 1 aliphatic carbocycles. The molecule has 150 valence electrons. The number of hydrogen-bond acceptors (Lipinski definition) is 3. The van der Waals surface area contributed by atoms with Crippen molar-refractivity contribution in [3.63, 3.8) is 0 Å². The second kappa shape index (κ2) is 7.97. The topological polar surface area (TPSA) is 40.6 Å². The van der Waals surface area contributed by atoms with Crippen LogP contribution in [-0.4, -0.2) is 43.8 Å². The van der Waals surface area contributed by atoms with E-state index in [-0.39, 0.29) is 0 Å². The average Bonchev–Trinajstić information content (AvgIpc) is 3.13. The molecule has 28 heavy (non-hydrogen) atoms. The van der Waals surface area contributed by atoms with Crippen LogP contribution in [0.1, 0.15) is 48.1 Å². The van der Waals surface area contributed by atoms with Crippen molar-refractivity contribution >= 4 is 10.0 Å². The van der Waals surface area contributed by atoms with Gasteiger partial charge in [-0.2, -0.15) is 4.31 Å². The molecule has 0 spiro atoms. The van der Waals surface area contributed by atoms with E-state index in [0.717, 1.165) is 31.5 Å². The number of aryl methyl sites for hydroxylation is 2. The molecular weight excluding hydrogens is 368 g/mol. The zero-order valence-corrected chi connectivity index (χ0v) is 17.7. The van der Waals surface area contributed by atoms with Crippen LogP contribution in [0.2, 0.25) is 0 Å². The second-order valence-corrected chi connectivity index (χ2v) is 9.94. The van der Waals surface area contributed by atoms with E-state index in [1.165, 1.54) is 24.0 Å². The minimum absolute atomic E-state index is 0.404. The predicted molar refractivity (Wildman–Crippen MR) is 113 cm³/mol. The van der Waals surface area contributed by atoms with Crippen LogP contribution in [0.4, 0.5) is 0 Å². The average molecular weight is 399 g/mol. The van der Waals surface area contributed by atoms with Gasteiger partial charge in [0.25, 0.3) is 0 Å². The molecule has 0 saturated carbocycles. The van der Waals surface area contributed by atoms with Crippen LogP contribution in [0.3, 0.4) is 0 Å². The first-order chi connectivity index (χ1) is 13.5. The van der Waals surface area contributed by atoms with Gasteiger partial charge in [-0.05, 0) is 67.0 Å². The first-order valence-corrected chi connectivity index (χ1v) is 11.9. The fraction of sp³-hybridized carbons (Fsp3) is 0.478. The zero-order chi connectivity index (χ0) is 19.7. The van der Waals surface area contributed by atoms with Gasteiger partial charge in [0.2, 0.25) is 10.0 Å². The van der Waals surface area contributed by atoms with Crippen molar-refractivity contribution in [2.24, 2.45) is 0 Å². The van der Waals surface area contributed by atoms with Crippen LogP contribution in [0.15, 0.2) is 47.4 Å². The highest BCUT2D eigenvalue weighted by Gasteiger charge is 2.33. The van der Waals surface area contributed by atoms with Crippen molar-refractivity contribution in [2.75, 3.05) is 26.2 Å². The molecule has 2 aromatic carbocycles. The van der Waals surface area contributed by atoms with Gasteiger partial charge >= 0.3 is 0 Å². The van der Waals surface area contributed by atoms with Crippen molar-refractivity contribution in [3.05, 3.63) is 64.7 Å². The van der Waals surface area contributed by atoms with Gasteiger partial charge in [0.05, 0.1) is 4.90 Å². The Labute approximate surface area is 169 Å². The molecular formula is C23H30N2O2S. The van der Waals surface area contributed by atoms with Gasteiger partial charge < -0.3 is 0 Å². The lowest BCUT2D eigenvalue weighted by Crippen LogP contribution is -2.38. The molecule has 1 atom stereocenters. The summed E-state index contributed by atoms with van der Waals surface area (Å²) in [4.78, 5) is 2.98. The van der Waals surface area contributed by atoms with Crippen molar-refractivity contribution in [1.29, 1.82) is 0 Å². The third kappa shape index (κ3) is 3.63. The van der Waals surface area contributed by atoms with Gasteiger partial charge in [-0.1, -0.05) is 37.3 Å². The Morgan fingerprint density at radius 3 is 2.61 bits per heavy atom. The van der Waals surface area contributed by atoms with E-state index in [0.29, 0.717) is 24.0 Å². The van der Waals surface area contributed by atoms with Crippen LogP contribution in [-0.2, 0) is 22.9 Å². The molecule has 1 aliphatic heterocycles. The lowest BCUT2D eigenvalue weighted by Gasteiger charge is -2.35. The van der Waals surface area contributed by atoms with Crippen molar-refractivity contribution in [3.8, 4) is 0 Å². The van der Waals surface area contributed by atoms with Crippen molar-refractivity contribution in [2.45, 2.75) is 50.5 Å². The Morgan fingerprint density at radius 1 is 1.11 bits per heavy atom. The van der Waals surface area contributed by atoms with Gasteiger partial charge in [0.1, 0.15) is 0 Å². The molecule has 0 saturated heterocycles. The van der Waals surface area contributed by atoms with E-state index in [1.807, 2.05) is 26.0 Å². The molecule has 0 bridgehead atoms. The summed E-state index contributed by atoms with van der Waals surface area (Å²) in [5, 5.41) is 0. The van der Waals surface area contributed by atoms with Crippen LogP contribution < -0.4 is 0 Å². The number of sulfonamides is 1. The fourth-order valence-corrected chi connectivity index (χ4v) is 6.44. The van der Waals surface area contributed by atoms with Gasteiger partial charge in [0, 0.05) is 32.2 Å². The Bertz CT molecular complexity index is 955. The summed E-state index contributed by atoms with van der Waals surface area (Å²) in [6.07, 6.45) is 4.35. The minimum atomic E-state index is -3.42. The molecule has 0 amide bonds. The highest BCUT2D eigenvalue weighted by molar-refractivity contribution is 7.89. The zero-order valence-electron chi connectivity index (χ0n) is 16.9. The van der Waals surface area contributed by atoms with E-state index >= 15 is 0 Å². The molecule has 0 N–H and O–H groups in total. The summed E-state index contributed by atoms with van der Waals surface area (Å²) >= 11 is 0. The Balaban J connectivity index is 1.41. The molecule has 4 nitrogen and oxygen atoms in total. The fourth-order valence-electron chi connectivity index (χ4n) is 4.84. The number of benzene rings is 2. The predicted octanol–water partition coefficient (Wildman–Crippen LogP) is 3.94. The summed E-state index contributed by atoms with van der Waals surface area (Å²) < 4.78 is 27.6. The smallest absolute Gasteiger partial charge is 0.243 e. The first-order valence-electron chi connectivity index (χ1n) is 10.4. The Morgan fingerprint density at radius 2 is 1.86 bits per heavy atom. The lowest BCUT2D eigenvalue weighted by molar-refractivity contribution is 0.179. The summed E-state index contributed by atoms with van der Waals surface area (Å²) in [7, 11) is -3.42. The summed E-state index contributed by atoms with van der Waals surface area (Å²) in [6.45, 7) is 6.97. The Kier molecular flexibility index (Phi) is 5.59. The van der Waals surface area contributed by atoms with E-state index in [9.17, 15) is 8.42 Å². The lowest BCUT2D eigenvalue weighted by atomic mass is 9.93. The first kappa shape index (κ1) is 19.6. The maximum atomic E-state index is 13.0. The van der Waals surface area contributed by atoms with Crippen molar-refractivity contribution < 1.29 is 8.42 Å². The maximum Gasteiger partial charge on any atom is 0.243 e.